The molecule has 0 aromatic heterocycles. The maximum absolute atomic E-state index is 13.0. The van der Waals surface area contributed by atoms with Crippen LogP contribution < -0.4 is 5.32 Å². The predicted molar refractivity (Wildman–Crippen MR) is 100.0 cm³/mol. The number of amides is 1. The van der Waals surface area contributed by atoms with E-state index < -0.39 is 12.1 Å². The van der Waals surface area contributed by atoms with E-state index in [1.54, 1.807) is 7.11 Å². The number of carbonyl (C=O) groups excluding carboxylic acids is 1. The number of carbonyl (C=O) groups is 2. The molecule has 1 aromatic carbocycles. The Morgan fingerprint density at radius 3 is 2.40 bits per heavy atom. The molecule has 3 rings (SSSR count). The van der Waals surface area contributed by atoms with E-state index in [-0.39, 0.29) is 17.6 Å². The second-order valence-electron chi connectivity index (χ2n) is 7.51. The molecule has 10 heteroatoms. The monoisotopic (exact) mass is 434 g/mol. The Bertz CT molecular complexity index is 712. The first-order valence-corrected chi connectivity index (χ1v) is 9.65. The standard InChI is InChI=1S/C18H25FN2O2.C2HF3O2/c1-23-12-14-10-20-18(22)17-7-9-21(8-6-16(14)17)11-13-2-4-15(19)5-3-13;3-2(4,5)1(6)7/h2-5,14,16-17H,6-12H2,1H3,(H,20,22);(H,6,7)/t14-,16-,17-;/m1./s1. The molecule has 2 aliphatic heterocycles. The van der Waals surface area contributed by atoms with Crippen molar-refractivity contribution in [3.8, 4) is 0 Å². The summed E-state index contributed by atoms with van der Waals surface area (Å²) < 4.78 is 50.1. The molecule has 1 aromatic rings. The highest BCUT2D eigenvalue weighted by Crippen LogP contribution is 2.34. The minimum atomic E-state index is -5.08. The summed E-state index contributed by atoms with van der Waals surface area (Å²) in [5.74, 6) is -1.84. The van der Waals surface area contributed by atoms with Crippen molar-refractivity contribution in [1.29, 1.82) is 0 Å². The van der Waals surface area contributed by atoms with E-state index in [1.165, 1.54) is 12.1 Å². The number of aliphatic carboxylic acids is 1. The van der Waals surface area contributed by atoms with Gasteiger partial charge in [0.2, 0.25) is 5.91 Å². The third kappa shape index (κ3) is 6.94. The van der Waals surface area contributed by atoms with Crippen molar-refractivity contribution in [3.05, 3.63) is 35.6 Å². The van der Waals surface area contributed by atoms with Crippen LogP contribution >= 0.6 is 0 Å². The highest BCUT2D eigenvalue weighted by Gasteiger charge is 2.40. The maximum atomic E-state index is 13.0. The smallest absolute Gasteiger partial charge is 0.475 e. The first-order chi connectivity index (χ1) is 14.1. The Kier molecular flexibility index (Phi) is 8.60. The number of nitrogens with one attached hydrogen (secondary N) is 1. The highest BCUT2D eigenvalue weighted by molar-refractivity contribution is 5.79. The number of halogens is 4. The van der Waals surface area contributed by atoms with Crippen LogP contribution in [0.25, 0.3) is 0 Å². The molecule has 1 amide bonds. The summed E-state index contributed by atoms with van der Waals surface area (Å²) in [6.45, 7) is 4.14. The number of benzene rings is 1. The zero-order valence-electron chi connectivity index (χ0n) is 16.6. The molecule has 0 unspecified atom stereocenters. The molecule has 2 heterocycles. The van der Waals surface area contributed by atoms with Crippen LogP contribution in [0.3, 0.4) is 0 Å². The Balaban J connectivity index is 0.000000396. The molecule has 0 spiro atoms. The number of ether oxygens (including phenoxy) is 1. The topological polar surface area (TPSA) is 78.9 Å². The van der Waals surface area contributed by atoms with Gasteiger partial charge in [-0.25, -0.2) is 9.18 Å². The van der Waals surface area contributed by atoms with Crippen LogP contribution in [0.4, 0.5) is 17.6 Å². The van der Waals surface area contributed by atoms with Crippen LogP contribution in [0.5, 0.6) is 0 Å². The number of methoxy groups -OCH3 is 1. The summed E-state index contributed by atoms with van der Waals surface area (Å²) in [5.41, 5.74) is 1.12. The molecular weight excluding hydrogens is 408 g/mol. The number of rotatable bonds is 4. The number of fused-ring (bicyclic) bond motifs is 1. The van der Waals surface area contributed by atoms with E-state index in [2.05, 4.69) is 10.2 Å². The minimum Gasteiger partial charge on any atom is -0.475 e. The van der Waals surface area contributed by atoms with Gasteiger partial charge in [0.1, 0.15) is 5.82 Å². The largest absolute Gasteiger partial charge is 0.490 e. The fraction of sp³-hybridized carbons (Fsp3) is 0.600. The van der Waals surface area contributed by atoms with E-state index in [1.807, 2.05) is 12.1 Å². The van der Waals surface area contributed by atoms with Crippen molar-refractivity contribution in [2.75, 3.05) is 33.4 Å². The summed E-state index contributed by atoms with van der Waals surface area (Å²) in [7, 11) is 1.73. The predicted octanol–water partition coefficient (Wildman–Crippen LogP) is 2.68. The van der Waals surface area contributed by atoms with Gasteiger partial charge < -0.3 is 15.2 Å². The van der Waals surface area contributed by atoms with E-state index in [0.29, 0.717) is 18.4 Å². The molecular formula is C20H26F4N2O4. The molecule has 6 nitrogen and oxygen atoms in total. The van der Waals surface area contributed by atoms with Crippen molar-refractivity contribution < 1.29 is 37.0 Å². The van der Waals surface area contributed by atoms with E-state index in [4.69, 9.17) is 14.6 Å². The molecule has 2 fully saturated rings. The summed E-state index contributed by atoms with van der Waals surface area (Å²) in [4.78, 5) is 23.5. The van der Waals surface area contributed by atoms with Crippen molar-refractivity contribution in [2.45, 2.75) is 25.6 Å². The van der Waals surface area contributed by atoms with Gasteiger partial charge in [-0.15, -0.1) is 0 Å². The van der Waals surface area contributed by atoms with Gasteiger partial charge in [-0.1, -0.05) is 12.1 Å². The maximum Gasteiger partial charge on any atom is 0.490 e. The van der Waals surface area contributed by atoms with Gasteiger partial charge >= 0.3 is 12.1 Å². The third-order valence-electron chi connectivity index (χ3n) is 5.48. The van der Waals surface area contributed by atoms with Gasteiger partial charge in [0.25, 0.3) is 0 Å². The van der Waals surface area contributed by atoms with Crippen molar-refractivity contribution >= 4 is 11.9 Å². The number of hydrogen-bond donors (Lipinski definition) is 2. The first kappa shape index (κ1) is 24.1. The third-order valence-corrected chi connectivity index (χ3v) is 5.48. The van der Waals surface area contributed by atoms with Crippen LogP contribution in [0, 0.1) is 23.6 Å². The van der Waals surface area contributed by atoms with E-state index in [0.717, 1.165) is 44.6 Å². The Labute approximate surface area is 172 Å². The lowest BCUT2D eigenvalue weighted by molar-refractivity contribution is -0.192. The van der Waals surface area contributed by atoms with Gasteiger partial charge in [-0.3, -0.25) is 9.69 Å². The van der Waals surface area contributed by atoms with Gasteiger partial charge in [-0.05, 0) is 49.5 Å². The summed E-state index contributed by atoms with van der Waals surface area (Å²) in [5, 5.41) is 10.2. The molecule has 3 atom stereocenters. The zero-order chi connectivity index (χ0) is 22.3. The first-order valence-electron chi connectivity index (χ1n) is 9.65. The molecule has 2 aliphatic rings. The molecule has 0 aliphatic carbocycles. The van der Waals surface area contributed by atoms with E-state index in [9.17, 15) is 22.4 Å². The second kappa shape index (κ2) is 10.7. The molecule has 0 bridgehead atoms. The molecule has 0 saturated carbocycles. The fourth-order valence-electron chi connectivity index (χ4n) is 3.99. The number of piperidine rings is 1. The zero-order valence-corrected chi connectivity index (χ0v) is 16.6. The Hall–Kier alpha value is -2.20. The van der Waals surface area contributed by atoms with Crippen LogP contribution in [-0.4, -0.2) is 61.4 Å². The molecule has 0 radical (unpaired) electrons. The number of carboxylic acid groups (broad SMARTS) is 1. The number of nitrogens with zero attached hydrogens (tertiary/aromatic N) is 1. The molecule has 30 heavy (non-hydrogen) atoms. The molecule has 2 N–H and O–H groups in total. The van der Waals surface area contributed by atoms with Crippen molar-refractivity contribution in [3.63, 3.8) is 0 Å². The van der Waals surface area contributed by atoms with Crippen LogP contribution in [0.1, 0.15) is 18.4 Å². The van der Waals surface area contributed by atoms with Gasteiger partial charge in [-0.2, -0.15) is 13.2 Å². The van der Waals surface area contributed by atoms with Gasteiger partial charge in [0, 0.05) is 32.0 Å². The van der Waals surface area contributed by atoms with Crippen LogP contribution in [-0.2, 0) is 20.9 Å². The highest BCUT2D eigenvalue weighted by atomic mass is 19.4. The number of carboxylic acids is 1. The SMILES string of the molecule is COC[C@H]1CNC(=O)[C@@H]2CCN(Cc3ccc(F)cc3)CC[C@H]12.O=C(O)C(F)(F)F. The normalized spacial score (nSPS) is 24.7. The Morgan fingerprint density at radius 1 is 1.23 bits per heavy atom. The van der Waals surface area contributed by atoms with Crippen LogP contribution in [0.2, 0.25) is 0 Å². The lowest BCUT2D eigenvalue weighted by Crippen LogP contribution is -2.49. The molecule has 2 saturated heterocycles. The average Bonchev–Trinajstić information content (AvgIpc) is 2.89. The van der Waals surface area contributed by atoms with Crippen LogP contribution in [0.15, 0.2) is 24.3 Å². The summed E-state index contributed by atoms with van der Waals surface area (Å²) in [6, 6.07) is 6.70. The van der Waals surface area contributed by atoms with Gasteiger partial charge in [0.05, 0.1) is 6.61 Å². The summed E-state index contributed by atoms with van der Waals surface area (Å²) >= 11 is 0. The van der Waals surface area contributed by atoms with E-state index >= 15 is 0 Å². The Morgan fingerprint density at radius 2 is 1.83 bits per heavy atom. The summed E-state index contributed by atoms with van der Waals surface area (Å²) in [6.07, 6.45) is -3.18. The van der Waals surface area contributed by atoms with Crippen molar-refractivity contribution in [1.82, 2.24) is 10.2 Å². The minimum absolute atomic E-state index is 0.0992. The lowest BCUT2D eigenvalue weighted by atomic mass is 9.75. The molecule has 168 valence electrons. The van der Waals surface area contributed by atoms with Gasteiger partial charge in [0.15, 0.2) is 0 Å². The average molecular weight is 434 g/mol. The van der Waals surface area contributed by atoms with Crippen molar-refractivity contribution in [2.24, 2.45) is 17.8 Å². The number of alkyl halides is 3. The number of hydrogen-bond acceptors (Lipinski definition) is 4. The number of likely N-dealkylation sites (tertiary alicyclic amines) is 1. The lowest BCUT2D eigenvalue weighted by Gasteiger charge is -2.36. The second-order valence-corrected chi connectivity index (χ2v) is 7.51. The quantitative estimate of drug-likeness (QED) is 0.713. The fourth-order valence-corrected chi connectivity index (χ4v) is 3.99.